The fourth-order valence-electron chi connectivity index (χ4n) is 2.48. The zero-order valence-electron chi connectivity index (χ0n) is 15.4. The maximum Gasteiger partial charge on any atom is 0.422 e. The minimum absolute atomic E-state index is 0.00423. The molecule has 0 radical (unpaired) electrons. The number of piperidine rings is 1. The number of carbonyl (C=O) groups excluding carboxylic acids is 2. The summed E-state index contributed by atoms with van der Waals surface area (Å²) in [5.74, 6) is -0.481. The quantitative estimate of drug-likeness (QED) is 0.712. The highest BCUT2D eigenvalue weighted by Crippen LogP contribution is 2.21. The maximum atomic E-state index is 12.2. The number of likely N-dealkylation sites (tertiary alicyclic amines) is 1. The van der Waals surface area contributed by atoms with Crippen LogP contribution in [0.3, 0.4) is 0 Å². The zero-order chi connectivity index (χ0) is 20.9. The Kier molecular flexibility index (Phi) is 6.80. The molecule has 0 aliphatic carbocycles. The third kappa shape index (κ3) is 6.39. The number of esters is 1. The highest BCUT2D eigenvalue weighted by atomic mass is 19.4. The number of amides is 1. The molecule has 1 aromatic heterocycles. The van der Waals surface area contributed by atoms with Crippen molar-refractivity contribution < 1.29 is 32.2 Å². The summed E-state index contributed by atoms with van der Waals surface area (Å²) in [6.07, 6.45) is -5.13. The van der Waals surface area contributed by atoms with Gasteiger partial charge in [0.25, 0.3) is 0 Å². The lowest BCUT2D eigenvalue weighted by atomic mass is 9.97. The standard InChI is InChI=1S/C15H21F3N6O4/c1-23(2)13-21-10(20-12(19)22-13)7-27-11(25)9-3-5-24(6-4-9)14(26)28-8-15(16,17)18/h9H,3-8H2,1-2H3,(H2,19,20,21,22). The van der Waals surface area contributed by atoms with Crippen molar-refractivity contribution in [3.05, 3.63) is 5.82 Å². The molecule has 1 amide bonds. The van der Waals surface area contributed by atoms with Gasteiger partial charge in [-0.05, 0) is 12.8 Å². The van der Waals surface area contributed by atoms with Gasteiger partial charge in [-0.3, -0.25) is 4.79 Å². The lowest BCUT2D eigenvalue weighted by molar-refractivity contribution is -0.163. The van der Waals surface area contributed by atoms with Crippen LogP contribution in [0.2, 0.25) is 0 Å². The number of rotatable bonds is 5. The molecule has 1 aliphatic heterocycles. The van der Waals surface area contributed by atoms with Gasteiger partial charge in [0.1, 0.15) is 0 Å². The molecular weight excluding hydrogens is 385 g/mol. The topological polar surface area (TPSA) is 124 Å². The van der Waals surface area contributed by atoms with Gasteiger partial charge in [0.05, 0.1) is 5.92 Å². The second-order valence-corrected chi connectivity index (χ2v) is 6.34. The maximum absolute atomic E-state index is 12.2. The van der Waals surface area contributed by atoms with Crippen molar-refractivity contribution >= 4 is 24.0 Å². The fraction of sp³-hybridized carbons (Fsp3) is 0.667. The predicted octanol–water partition coefficient (Wildman–Crippen LogP) is 0.974. The molecule has 28 heavy (non-hydrogen) atoms. The van der Waals surface area contributed by atoms with Crippen LogP contribution in [0.5, 0.6) is 0 Å². The van der Waals surface area contributed by atoms with E-state index in [1.54, 1.807) is 19.0 Å². The van der Waals surface area contributed by atoms with Crippen LogP contribution >= 0.6 is 0 Å². The monoisotopic (exact) mass is 406 g/mol. The largest absolute Gasteiger partial charge is 0.457 e. The van der Waals surface area contributed by atoms with Crippen molar-refractivity contribution in [2.75, 3.05) is 44.4 Å². The molecule has 0 bridgehead atoms. The Balaban J connectivity index is 1.80. The number of hydrogen-bond donors (Lipinski definition) is 1. The van der Waals surface area contributed by atoms with Crippen molar-refractivity contribution in [2.24, 2.45) is 5.92 Å². The van der Waals surface area contributed by atoms with Gasteiger partial charge in [-0.2, -0.15) is 28.1 Å². The molecule has 2 N–H and O–H groups in total. The molecule has 1 saturated heterocycles. The summed E-state index contributed by atoms with van der Waals surface area (Å²) < 4.78 is 45.7. The van der Waals surface area contributed by atoms with E-state index in [2.05, 4.69) is 19.7 Å². The number of nitrogens with zero attached hydrogens (tertiary/aromatic N) is 5. The first-order valence-electron chi connectivity index (χ1n) is 8.38. The van der Waals surface area contributed by atoms with E-state index >= 15 is 0 Å². The number of anilines is 2. The van der Waals surface area contributed by atoms with Gasteiger partial charge in [-0.25, -0.2) is 4.79 Å². The highest BCUT2D eigenvalue weighted by Gasteiger charge is 2.33. The van der Waals surface area contributed by atoms with Crippen LogP contribution < -0.4 is 10.6 Å². The molecule has 0 unspecified atom stereocenters. The summed E-state index contributed by atoms with van der Waals surface area (Å²) in [4.78, 5) is 38.5. The molecule has 0 atom stereocenters. The molecule has 10 nitrogen and oxygen atoms in total. The van der Waals surface area contributed by atoms with Crippen molar-refractivity contribution in [2.45, 2.75) is 25.6 Å². The van der Waals surface area contributed by atoms with Crippen molar-refractivity contribution in [3.8, 4) is 0 Å². The van der Waals surface area contributed by atoms with Crippen molar-refractivity contribution in [1.29, 1.82) is 0 Å². The Morgan fingerprint density at radius 3 is 2.39 bits per heavy atom. The van der Waals surface area contributed by atoms with E-state index < -0.39 is 30.8 Å². The third-order valence-electron chi connectivity index (χ3n) is 3.88. The van der Waals surface area contributed by atoms with Crippen LogP contribution in [-0.2, 0) is 20.9 Å². The summed E-state index contributed by atoms with van der Waals surface area (Å²) in [5, 5.41) is 0. The molecular formula is C15H21F3N6O4. The number of ether oxygens (including phenoxy) is 2. The van der Waals surface area contributed by atoms with E-state index in [0.717, 1.165) is 4.90 Å². The minimum Gasteiger partial charge on any atom is -0.457 e. The lowest BCUT2D eigenvalue weighted by Gasteiger charge is -2.30. The van der Waals surface area contributed by atoms with Crippen molar-refractivity contribution in [3.63, 3.8) is 0 Å². The zero-order valence-corrected chi connectivity index (χ0v) is 15.4. The summed E-state index contributed by atoms with van der Waals surface area (Å²) in [7, 11) is 3.44. The number of hydrogen-bond acceptors (Lipinski definition) is 9. The number of halogens is 3. The number of nitrogen functional groups attached to an aromatic ring is 1. The second kappa shape index (κ2) is 8.89. The van der Waals surface area contributed by atoms with E-state index in [1.807, 2.05) is 0 Å². The molecule has 156 valence electrons. The van der Waals surface area contributed by atoms with Gasteiger partial charge < -0.3 is 25.0 Å². The van der Waals surface area contributed by atoms with E-state index in [9.17, 15) is 22.8 Å². The molecule has 0 aromatic carbocycles. The smallest absolute Gasteiger partial charge is 0.422 e. The number of alkyl halides is 3. The first-order chi connectivity index (χ1) is 13.0. The van der Waals surface area contributed by atoms with Crippen molar-refractivity contribution in [1.82, 2.24) is 19.9 Å². The molecule has 1 aliphatic rings. The van der Waals surface area contributed by atoms with Crippen LogP contribution in [0, 0.1) is 5.92 Å². The van der Waals surface area contributed by atoms with E-state index in [0.29, 0.717) is 5.95 Å². The SMILES string of the molecule is CN(C)c1nc(N)nc(COC(=O)C2CCN(C(=O)OCC(F)(F)F)CC2)n1. The molecule has 0 spiro atoms. The Morgan fingerprint density at radius 1 is 1.18 bits per heavy atom. The third-order valence-corrected chi connectivity index (χ3v) is 3.88. The molecule has 2 heterocycles. The summed E-state index contributed by atoms with van der Waals surface area (Å²) in [6, 6.07) is 0. The Hall–Kier alpha value is -2.86. The first kappa shape index (κ1) is 21.4. The normalized spacial score (nSPS) is 15.2. The lowest BCUT2D eigenvalue weighted by Crippen LogP contribution is -2.41. The molecule has 0 saturated carbocycles. The van der Waals surface area contributed by atoms with E-state index in [4.69, 9.17) is 10.5 Å². The number of aromatic nitrogens is 3. The average Bonchev–Trinajstić information content (AvgIpc) is 2.63. The average molecular weight is 406 g/mol. The Morgan fingerprint density at radius 2 is 1.82 bits per heavy atom. The van der Waals surface area contributed by atoms with Crippen LogP contribution in [0.25, 0.3) is 0 Å². The number of carbonyl (C=O) groups is 2. The van der Waals surface area contributed by atoms with Crippen LogP contribution in [0.4, 0.5) is 29.9 Å². The van der Waals surface area contributed by atoms with E-state index in [-0.39, 0.29) is 44.3 Å². The highest BCUT2D eigenvalue weighted by molar-refractivity contribution is 5.73. The van der Waals surface area contributed by atoms with Crippen LogP contribution in [0.15, 0.2) is 0 Å². The van der Waals surface area contributed by atoms with Crippen LogP contribution in [-0.4, -0.2) is 71.9 Å². The Bertz CT molecular complexity index is 708. The summed E-state index contributed by atoms with van der Waals surface area (Å²) in [6.45, 7) is -1.64. The van der Waals surface area contributed by atoms with Gasteiger partial charge >= 0.3 is 18.2 Å². The van der Waals surface area contributed by atoms with E-state index in [1.165, 1.54) is 0 Å². The van der Waals surface area contributed by atoms with Gasteiger partial charge in [-0.15, -0.1) is 0 Å². The minimum atomic E-state index is -4.58. The molecule has 1 fully saturated rings. The van der Waals surface area contributed by atoms with Gasteiger partial charge in [-0.1, -0.05) is 0 Å². The second-order valence-electron chi connectivity index (χ2n) is 6.34. The van der Waals surface area contributed by atoms with Gasteiger partial charge in [0.15, 0.2) is 19.0 Å². The molecule has 13 heteroatoms. The number of nitrogens with two attached hydrogens (primary N) is 1. The summed E-state index contributed by atoms with van der Waals surface area (Å²) >= 11 is 0. The predicted molar refractivity (Wildman–Crippen MR) is 90.1 cm³/mol. The fourth-order valence-corrected chi connectivity index (χ4v) is 2.48. The van der Waals surface area contributed by atoms with Gasteiger partial charge in [0.2, 0.25) is 11.9 Å². The van der Waals surface area contributed by atoms with Gasteiger partial charge in [0, 0.05) is 27.2 Å². The molecule has 1 aromatic rings. The first-order valence-corrected chi connectivity index (χ1v) is 8.38. The summed E-state index contributed by atoms with van der Waals surface area (Å²) in [5.41, 5.74) is 5.59. The Labute approximate surface area is 158 Å². The molecule has 2 rings (SSSR count). The van der Waals surface area contributed by atoms with Crippen LogP contribution in [0.1, 0.15) is 18.7 Å².